The van der Waals surface area contributed by atoms with Crippen LogP contribution in [0.1, 0.15) is 41.4 Å². The number of carbonyl (C=O) groups is 2. The number of likely N-dealkylation sites (tertiary alicyclic amines) is 1. The Kier molecular flexibility index (Phi) is 6.17. The molecule has 3 heterocycles. The molecule has 1 amide bonds. The molecule has 1 saturated heterocycles. The first-order valence-corrected chi connectivity index (χ1v) is 11.1. The van der Waals surface area contributed by atoms with Crippen molar-refractivity contribution in [2.24, 2.45) is 13.0 Å². The lowest BCUT2D eigenvalue weighted by Crippen LogP contribution is -2.41. The molecule has 168 valence electrons. The molecular formula is C25H30N4O3. The Bertz CT molecular complexity index is 1140. The topological polar surface area (TPSA) is 69.4 Å². The molecule has 7 nitrogen and oxygen atoms in total. The third kappa shape index (κ3) is 4.20. The highest BCUT2D eigenvalue weighted by Gasteiger charge is 2.31. The highest BCUT2D eigenvalue weighted by Crippen LogP contribution is 2.27. The lowest BCUT2D eigenvalue weighted by Gasteiger charge is -2.31. The highest BCUT2D eigenvalue weighted by atomic mass is 16.5. The van der Waals surface area contributed by atoms with Crippen molar-refractivity contribution in [3.8, 4) is 17.1 Å². The summed E-state index contributed by atoms with van der Waals surface area (Å²) in [5.41, 5.74) is 5.29. The monoisotopic (exact) mass is 434 g/mol. The Morgan fingerprint density at radius 1 is 1.12 bits per heavy atom. The average Bonchev–Trinajstić information content (AvgIpc) is 3.41. The summed E-state index contributed by atoms with van der Waals surface area (Å²) in [6, 6.07) is 12.0. The third-order valence-corrected chi connectivity index (χ3v) is 6.13. The smallest absolute Gasteiger partial charge is 0.309 e. The largest absolute Gasteiger partial charge is 0.466 e. The van der Waals surface area contributed by atoms with Crippen LogP contribution in [0.25, 0.3) is 17.1 Å². The Morgan fingerprint density at radius 3 is 2.53 bits per heavy atom. The van der Waals surface area contributed by atoms with Gasteiger partial charge in [0.05, 0.1) is 23.9 Å². The van der Waals surface area contributed by atoms with E-state index >= 15 is 0 Å². The second kappa shape index (κ2) is 9.02. The summed E-state index contributed by atoms with van der Waals surface area (Å²) in [5.74, 6) is -0.367. The summed E-state index contributed by atoms with van der Waals surface area (Å²) in [7, 11) is 1.97. The first-order valence-electron chi connectivity index (χ1n) is 11.1. The number of rotatable bonds is 5. The number of hydrogen-bond acceptors (Lipinski definition) is 4. The second-order valence-corrected chi connectivity index (χ2v) is 8.44. The average molecular weight is 435 g/mol. The van der Waals surface area contributed by atoms with E-state index in [1.807, 2.05) is 67.7 Å². The van der Waals surface area contributed by atoms with Gasteiger partial charge in [0, 0.05) is 26.3 Å². The van der Waals surface area contributed by atoms with Crippen LogP contribution in [0, 0.1) is 19.8 Å². The maximum atomic E-state index is 13.6. The fraction of sp³-hybridized carbons (Fsp3) is 0.400. The lowest BCUT2D eigenvalue weighted by atomic mass is 9.97. The van der Waals surface area contributed by atoms with Gasteiger partial charge in [0.2, 0.25) is 0 Å². The minimum Gasteiger partial charge on any atom is -0.466 e. The van der Waals surface area contributed by atoms with Crippen molar-refractivity contribution in [2.45, 2.75) is 33.6 Å². The number of benzene rings is 1. The molecule has 0 N–H and O–H groups in total. The van der Waals surface area contributed by atoms with Gasteiger partial charge in [-0.3, -0.25) is 9.59 Å². The molecule has 0 spiro atoms. The van der Waals surface area contributed by atoms with Crippen molar-refractivity contribution in [3.05, 3.63) is 59.4 Å². The molecule has 0 unspecified atom stereocenters. The van der Waals surface area contributed by atoms with Crippen molar-refractivity contribution >= 4 is 11.9 Å². The van der Waals surface area contributed by atoms with Crippen LogP contribution >= 0.6 is 0 Å². The van der Waals surface area contributed by atoms with E-state index in [0.717, 1.165) is 28.2 Å². The molecule has 3 aromatic rings. The summed E-state index contributed by atoms with van der Waals surface area (Å²) in [6.07, 6.45) is 3.20. The molecule has 0 radical (unpaired) electrons. The first-order chi connectivity index (χ1) is 15.4. The van der Waals surface area contributed by atoms with Gasteiger partial charge in [0.1, 0.15) is 11.4 Å². The van der Waals surface area contributed by atoms with Gasteiger partial charge in [0.15, 0.2) is 0 Å². The number of aryl methyl sites for hydroxylation is 3. The first kappa shape index (κ1) is 21.9. The summed E-state index contributed by atoms with van der Waals surface area (Å²) in [5, 5.41) is 4.84. The Labute approximate surface area is 188 Å². The van der Waals surface area contributed by atoms with Crippen molar-refractivity contribution in [3.63, 3.8) is 0 Å². The summed E-state index contributed by atoms with van der Waals surface area (Å²) >= 11 is 0. The van der Waals surface area contributed by atoms with Gasteiger partial charge in [-0.15, -0.1) is 0 Å². The zero-order chi connectivity index (χ0) is 22.8. The van der Waals surface area contributed by atoms with Gasteiger partial charge in [-0.05, 0) is 69.0 Å². The SMILES string of the molecule is CCOC(=O)C1CCN(C(=O)c2cc(-c3cccn3C)nn2-c2cc(C)ccc2C)CC1. The third-order valence-electron chi connectivity index (χ3n) is 6.13. The Balaban J connectivity index is 1.68. The Hall–Kier alpha value is -3.35. The van der Waals surface area contributed by atoms with Crippen LogP contribution in [0.5, 0.6) is 0 Å². The number of hydrogen-bond donors (Lipinski definition) is 0. The molecular weight excluding hydrogens is 404 g/mol. The molecule has 1 aliphatic rings. The number of nitrogens with zero attached hydrogens (tertiary/aromatic N) is 4. The van der Waals surface area contributed by atoms with Gasteiger partial charge in [-0.1, -0.05) is 12.1 Å². The minimum absolute atomic E-state index is 0.0684. The van der Waals surface area contributed by atoms with E-state index in [1.165, 1.54) is 0 Å². The predicted molar refractivity (Wildman–Crippen MR) is 123 cm³/mol. The van der Waals surface area contributed by atoms with Gasteiger partial charge < -0.3 is 14.2 Å². The summed E-state index contributed by atoms with van der Waals surface area (Å²) in [6.45, 7) is 7.31. The molecule has 2 aromatic heterocycles. The van der Waals surface area contributed by atoms with E-state index in [0.29, 0.717) is 38.2 Å². The van der Waals surface area contributed by atoms with Gasteiger partial charge >= 0.3 is 5.97 Å². The van der Waals surface area contributed by atoms with Crippen LogP contribution in [-0.2, 0) is 16.6 Å². The van der Waals surface area contributed by atoms with E-state index in [9.17, 15) is 9.59 Å². The number of esters is 1. The van der Waals surface area contributed by atoms with Crippen LogP contribution in [0.2, 0.25) is 0 Å². The summed E-state index contributed by atoms with van der Waals surface area (Å²) in [4.78, 5) is 27.5. The van der Waals surface area contributed by atoms with Crippen LogP contribution in [0.15, 0.2) is 42.6 Å². The molecule has 7 heteroatoms. The number of piperidine rings is 1. The van der Waals surface area contributed by atoms with Crippen molar-refractivity contribution in [1.29, 1.82) is 0 Å². The highest BCUT2D eigenvalue weighted by molar-refractivity contribution is 5.94. The molecule has 0 bridgehead atoms. The van der Waals surface area contributed by atoms with E-state index in [2.05, 4.69) is 12.1 Å². The maximum absolute atomic E-state index is 13.6. The molecule has 0 saturated carbocycles. The number of carbonyl (C=O) groups excluding carboxylic acids is 2. The van der Waals surface area contributed by atoms with Crippen molar-refractivity contribution < 1.29 is 14.3 Å². The summed E-state index contributed by atoms with van der Waals surface area (Å²) < 4.78 is 8.92. The molecule has 4 rings (SSSR count). The molecule has 1 fully saturated rings. The molecule has 0 atom stereocenters. The van der Waals surface area contributed by atoms with E-state index in [-0.39, 0.29) is 17.8 Å². The van der Waals surface area contributed by atoms with Crippen LogP contribution < -0.4 is 0 Å². The quantitative estimate of drug-likeness (QED) is 0.571. The van der Waals surface area contributed by atoms with E-state index in [1.54, 1.807) is 4.68 Å². The second-order valence-electron chi connectivity index (χ2n) is 8.44. The van der Waals surface area contributed by atoms with Crippen molar-refractivity contribution in [1.82, 2.24) is 19.2 Å². The van der Waals surface area contributed by atoms with Crippen LogP contribution in [0.3, 0.4) is 0 Å². The number of ether oxygens (including phenoxy) is 1. The number of aromatic nitrogens is 3. The zero-order valence-electron chi connectivity index (χ0n) is 19.2. The lowest BCUT2D eigenvalue weighted by molar-refractivity contribution is -0.149. The standard InChI is InChI=1S/C25H30N4O3/c1-5-32-25(31)19-10-13-28(14-11-19)24(30)23-16-20(21-7-6-12-27(21)4)26-29(23)22-15-17(2)8-9-18(22)3/h6-9,12,15-16,19H,5,10-11,13-14H2,1-4H3. The van der Waals surface area contributed by atoms with Crippen LogP contribution in [0.4, 0.5) is 0 Å². The molecule has 0 aliphatic carbocycles. The fourth-order valence-corrected chi connectivity index (χ4v) is 4.26. The Morgan fingerprint density at radius 2 is 1.88 bits per heavy atom. The molecule has 1 aromatic carbocycles. The maximum Gasteiger partial charge on any atom is 0.309 e. The van der Waals surface area contributed by atoms with E-state index < -0.39 is 0 Å². The fourth-order valence-electron chi connectivity index (χ4n) is 4.26. The van der Waals surface area contributed by atoms with Gasteiger partial charge in [-0.2, -0.15) is 5.10 Å². The number of amides is 1. The zero-order valence-corrected chi connectivity index (χ0v) is 19.2. The minimum atomic E-state index is -0.161. The normalized spacial score (nSPS) is 14.6. The van der Waals surface area contributed by atoms with Gasteiger partial charge in [-0.25, -0.2) is 4.68 Å². The van der Waals surface area contributed by atoms with E-state index in [4.69, 9.17) is 9.84 Å². The predicted octanol–water partition coefficient (Wildman–Crippen LogP) is 3.91. The van der Waals surface area contributed by atoms with Crippen molar-refractivity contribution in [2.75, 3.05) is 19.7 Å². The van der Waals surface area contributed by atoms with Crippen LogP contribution in [-0.4, -0.2) is 50.8 Å². The molecule has 1 aliphatic heterocycles. The molecule has 32 heavy (non-hydrogen) atoms. The van der Waals surface area contributed by atoms with Gasteiger partial charge in [0.25, 0.3) is 5.91 Å².